The molecular weight excluding hydrogens is 274 g/mol. The summed E-state index contributed by atoms with van der Waals surface area (Å²) in [6.07, 6.45) is 4.22. The molecule has 0 bridgehead atoms. The summed E-state index contributed by atoms with van der Waals surface area (Å²) >= 11 is 0. The molecule has 0 heterocycles. The van der Waals surface area contributed by atoms with E-state index in [0.717, 1.165) is 0 Å². The van der Waals surface area contributed by atoms with Gasteiger partial charge in [0, 0.05) is 32.8 Å². The minimum Gasteiger partial charge on any atom is -0.481 e. The van der Waals surface area contributed by atoms with Crippen LogP contribution in [0.4, 0.5) is 0 Å². The van der Waals surface area contributed by atoms with Crippen LogP contribution in [0, 0.1) is 5.92 Å². The second kappa shape index (κ2) is 11.6. The Morgan fingerprint density at radius 2 is 2.00 bits per heavy atom. The molecule has 0 radical (unpaired) electrons. The van der Waals surface area contributed by atoms with Gasteiger partial charge in [-0.25, -0.2) is 0 Å². The average Bonchev–Trinajstić information content (AvgIpc) is 2.43. The zero-order valence-corrected chi connectivity index (χ0v) is 12.7. The third kappa shape index (κ3) is 11.3. The van der Waals surface area contributed by atoms with Crippen molar-refractivity contribution < 1.29 is 14.7 Å². The number of carbonyl (C=O) groups is 2. The molecule has 0 spiro atoms. The maximum atomic E-state index is 10.9. The van der Waals surface area contributed by atoms with Crippen LogP contribution in [0.2, 0.25) is 0 Å². The molecule has 0 rings (SSSR count). The van der Waals surface area contributed by atoms with E-state index in [4.69, 9.17) is 5.11 Å². The van der Waals surface area contributed by atoms with E-state index in [-0.39, 0.29) is 13.0 Å². The predicted molar refractivity (Wildman–Crippen MR) is 82.8 cm³/mol. The first-order valence-corrected chi connectivity index (χ1v) is 6.70. The van der Waals surface area contributed by atoms with Crippen molar-refractivity contribution in [2.75, 3.05) is 20.1 Å². The molecule has 2 N–H and O–H groups in total. The van der Waals surface area contributed by atoms with Crippen LogP contribution in [0.1, 0.15) is 26.7 Å². The smallest absolute Gasteiger partial charge is 0.305 e. The van der Waals surface area contributed by atoms with Gasteiger partial charge in [0.25, 0.3) is 0 Å². The Hall–Kier alpha value is -2.25. The van der Waals surface area contributed by atoms with E-state index in [9.17, 15) is 9.59 Å². The maximum Gasteiger partial charge on any atom is 0.305 e. The van der Waals surface area contributed by atoms with Crippen molar-refractivity contribution in [3.8, 4) is 0 Å². The number of rotatable bonds is 11. The Morgan fingerprint density at radius 3 is 2.52 bits per heavy atom. The quantitative estimate of drug-likeness (QED) is 0.331. The molecule has 0 fully saturated rings. The lowest BCUT2D eigenvalue weighted by Gasteiger charge is -2.15. The zero-order valence-electron chi connectivity index (χ0n) is 12.7. The first-order chi connectivity index (χ1) is 9.99. The highest BCUT2D eigenvalue weighted by molar-refractivity contribution is 6.30. The SMILES string of the molecule is CNN=CC(CCN(C=O)CCC(=O)O)=N/N=C\C(C)C. The van der Waals surface area contributed by atoms with Gasteiger partial charge in [0.15, 0.2) is 0 Å². The lowest BCUT2D eigenvalue weighted by molar-refractivity contribution is -0.137. The third-order valence-electron chi connectivity index (χ3n) is 2.31. The molecule has 0 aromatic carbocycles. The molecule has 8 nitrogen and oxygen atoms in total. The van der Waals surface area contributed by atoms with Gasteiger partial charge in [-0.2, -0.15) is 15.3 Å². The molecule has 0 unspecified atom stereocenters. The second-order valence-electron chi connectivity index (χ2n) is 4.62. The first-order valence-electron chi connectivity index (χ1n) is 6.70. The maximum absolute atomic E-state index is 10.9. The van der Waals surface area contributed by atoms with Crippen LogP contribution in [0.25, 0.3) is 0 Å². The summed E-state index contributed by atoms with van der Waals surface area (Å²) in [5.74, 6) is -0.646. The first kappa shape index (κ1) is 18.8. The van der Waals surface area contributed by atoms with Crippen molar-refractivity contribution in [3.05, 3.63) is 0 Å². The third-order valence-corrected chi connectivity index (χ3v) is 2.31. The summed E-state index contributed by atoms with van der Waals surface area (Å²) in [7, 11) is 1.66. The number of nitrogens with one attached hydrogen (secondary N) is 1. The molecule has 0 saturated carbocycles. The van der Waals surface area contributed by atoms with Crippen LogP contribution >= 0.6 is 0 Å². The zero-order chi connectivity index (χ0) is 16.1. The average molecular weight is 297 g/mol. The molecule has 0 aromatic rings. The largest absolute Gasteiger partial charge is 0.481 e. The van der Waals surface area contributed by atoms with Crippen LogP contribution in [-0.2, 0) is 9.59 Å². The van der Waals surface area contributed by atoms with Gasteiger partial charge in [-0.05, 0) is 5.92 Å². The highest BCUT2D eigenvalue weighted by Crippen LogP contribution is 1.95. The van der Waals surface area contributed by atoms with Crippen LogP contribution < -0.4 is 5.43 Å². The Bertz CT molecular complexity index is 405. The van der Waals surface area contributed by atoms with Crippen molar-refractivity contribution >= 4 is 30.5 Å². The fourth-order valence-corrected chi connectivity index (χ4v) is 1.23. The predicted octanol–water partition coefficient (Wildman–Crippen LogP) is 0.598. The summed E-state index contributed by atoms with van der Waals surface area (Å²) in [5.41, 5.74) is 3.22. The van der Waals surface area contributed by atoms with Gasteiger partial charge in [-0.3, -0.25) is 9.59 Å². The van der Waals surface area contributed by atoms with E-state index in [0.29, 0.717) is 31.0 Å². The highest BCUT2D eigenvalue weighted by atomic mass is 16.4. The minimum atomic E-state index is -0.936. The lowest BCUT2D eigenvalue weighted by atomic mass is 10.2. The number of carboxylic acid groups (broad SMARTS) is 1. The van der Waals surface area contributed by atoms with Gasteiger partial charge in [0.05, 0.1) is 18.3 Å². The van der Waals surface area contributed by atoms with Crippen LogP contribution in [-0.4, -0.2) is 60.7 Å². The van der Waals surface area contributed by atoms with Crippen molar-refractivity contribution in [1.29, 1.82) is 0 Å². The van der Waals surface area contributed by atoms with E-state index in [1.165, 1.54) is 11.1 Å². The fourth-order valence-electron chi connectivity index (χ4n) is 1.23. The number of carbonyl (C=O) groups excluding carboxylic acids is 1. The minimum absolute atomic E-state index is 0.0820. The van der Waals surface area contributed by atoms with Crippen molar-refractivity contribution in [3.63, 3.8) is 0 Å². The van der Waals surface area contributed by atoms with Crippen molar-refractivity contribution in [2.24, 2.45) is 21.2 Å². The Morgan fingerprint density at radius 1 is 1.33 bits per heavy atom. The molecule has 0 aliphatic rings. The topological polar surface area (TPSA) is 107 Å². The number of hydrazone groups is 1. The van der Waals surface area contributed by atoms with E-state index in [1.807, 2.05) is 13.8 Å². The lowest BCUT2D eigenvalue weighted by Crippen LogP contribution is -2.27. The monoisotopic (exact) mass is 297 g/mol. The summed E-state index contributed by atoms with van der Waals surface area (Å²) in [6.45, 7) is 4.51. The van der Waals surface area contributed by atoms with E-state index < -0.39 is 5.97 Å². The fraction of sp³-hybridized carbons (Fsp3) is 0.615. The molecule has 1 amide bonds. The molecule has 0 aliphatic heterocycles. The Balaban J connectivity index is 4.54. The van der Waals surface area contributed by atoms with E-state index in [1.54, 1.807) is 13.3 Å². The number of hydrogen-bond acceptors (Lipinski definition) is 6. The van der Waals surface area contributed by atoms with Crippen LogP contribution in [0.15, 0.2) is 15.3 Å². The number of nitrogens with zero attached hydrogens (tertiary/aromatic N) is 4. The molecule has 0 saturated heterocycles. The van der Waals surface area contributed by atoms with Crippen molar-refractivity contribution in [2.45, 2.75) is 26.7 Å². The van der Waals surface area contributed by atoms with Crippen LogP contribution in [0.3, 0.4) is 0 Å². The number of hydrogen-bond donors (Lipinski definition) is 2. The summed E-state index contributed by atoms with van der Waals surface area (Å²) in [6, 6.07) is 0. The molecular formula is C13H23N5O3. The summed E-state index contributed by atoms with van der Waals surface area (Å²) in [5, 5.41) is 20.5. The molecule has 0 aromatic heterocycles. The molecule has 118 valence electrons. The van der Waals surface area contributed by atoms with Gasteiger partial charge in [-0.1, -0.05) is 13.8 Å². The van der Waals surface area contributed by atoms with E-state index in [2.05, 4.69) is 20.7 Å². The number of carboxylic acids is 1. The van der Waals surface area contributed by atoms with Gasteiger partial charge >= 0.3 is 5.97 Å². The van der Waals surface area contributed by atoms with Gasteiger partial charge < -0.3 is 15.4 Å². The number of amides is 1. The summed E-state index contributed by atoms with van der Waals surface area (Å²) in [4.78, 5) is 22.7. The molecule has 0 aliphatic carbocycles. The Labute approximate surface area is 124 Å². The Kier molecular flexibility index (Phi) is 10.3. The molecule has 8 heteroatoms. The van der Waals surface area contributed by atoms with E-state index >= 15 is 0 Å². The van der Waals surface area contributed by atoms with Crippen LogP contribution in [0.5, 0.6) is 0 Å². The molecule has 0 atom stereocenters. The summed E-state index contributed by atoms with van der Waals surface area (Å²) < 4.78 is 0. The van der Waals surface area contributed by atoms with Gasteiger partial charge in [-0.15, -0.1) is 0 Å². The second-order valence-corrected chi connectivity index (χ2v) is 4.62. The van der Waals surface area contributed by atoms with Gasteiger partial charge in [0.1, 0.15) is 0 Å². The van der Waals surface area contributed by atoms with Gasteiger partial charge in [0.2, 0.25) is 6.41 Å². The standard InChI is InChI=1S/C13H23N5O3/c1-11(2)8-16-17-12(9-15-14-3)4-6-18(10-19)7-5-13(20)21/h8-11,14H,4-7H2,1-3H3,(H,20,21)/b15-9?,16-8-,17-12?. The van der Waals surface area contributed by atoms with Crippen molar-refractivity contribution in [1.82, 2.24) is 10.3 Å². The highest BCUT2D eigenvalue weighted by Gasteiger charge is 2.06. The normalized spacial score (nSPS) is 12.3. The number of aliphatic carboxylic acids is 1. The molecule has 21 heavy (non-hydrogen) atoms.